The number of carbonyl (C=O) groups is 1. The normalized spacial score (nSPS) is 11.2. The highest BCUT2D eigenvalue weighted by molar-refractivity contribution is 5.85. The molecule has 16 heavy (non-hydrogen) atoms. The number of anilines is 1. The Morgan fingerprint density at radius 3 is 2.62 bits per heavy atom. The van der Waals surface area contributed by atoms with E-state index in [-0.39, 0.29) is 11.2 Å². The molecular formula is C12H18N2O2. The summed E-state index contributed by atoms with van der Waals surface area (Å²) in [6.07, 6.45) is 3.70. The smallest absolute Gasteiger partial charge is 0.354 e. The molecule has 1 heterocycles. The number of carboxylic acids is 1. The topological polar surface area (TPSA) is 62.2 Å². The van der Waals surface area contributed by atoms with Crippen LogP contribution in [0.5, 0.6) is 0 Å². The van der Waals surface area contributed by atoms with Gasteiger partial charge in [-0.3, -0.25) is 0 Å². The van der Waals surface area contributed by atoms with E-state index in [4.69, 9.17) is 5.11 Å². The predicted octanol–water partition coefficient (Wildman–Crippen LogP) is 2.77. The minimum atomic E-state index is -1.00. The van der Waals surface area contributed by atoms with Gasteiger partial charge in [-0.15, -0.1) is 0 Å². The third-order valence-corrected chi connectivity index (χ3v) is 2.34. The number of carboxylic acid groups (broad SMARTS) is 1. The first kappa shape index (κ1) is 12.5. The quantitative estimate of drug-likeness (QED) is 0.804. The number of nitrogens with zero attached hydrogens (tertiary/aromatic N) is 1. The van der Waals surface area contributed by atoms with Crippen molar-refractivity contribution in [2.45, 2.75) is 39.2 Å². The van der Waals surface area contributed by atoms with Crippen LogP contribution < -0.4 is 5.32 Å². The lowest BCUT2D eigenvalue weighted by atomic mass is 9.99. The van der Waals surface area contributed by atoms with Crippen LogP contribution >= 0.6 is 0 Å². The van der Waals surface area contributed by atoms with Crippen molar-refractivity contribution in [1.29, 1.82) is 0 Å². The summed E-state index contributed by atoms with van der Waals surface area (Å²) in [7, 11) is 0. The van der Waals surface area contributed by atoms with E-state index in [0.717, 1.165) is 18.5 Å². The summed E-state index contributed by atoms with van der Waals surface area (Å²) in [6, 6.07) is 3.25. The zero-order valence-corrected chi connectivity index (χ0v) is 9.95. The molecule has 88 valence electrons. The second-order valence-corrected chi connectivity index (χ2v) is 4.50. The summed E-state index contributed by atoms with van der Waals surface area (Å²) in [5.41, 5.74) is 0.920. The van der Waals surface area contributed by atoms with Crippen LogP contribution in [0.25, 0.3) is 0 Å². The highest BCUT2D eigenvalue weighted by Crippen LogP contribution is 2.18. The van der Waals surface area contributed by atoms with Crippen molar-refractivity contribution in [3.63, 3.8) is 0 Å². The lowest BCUT2D eigenvalue weighted by Gasteiger charge is -2.26. The van der Waals surface area contributed by atoms with Crippen LogP contribution in [0.1, 0.15) is 44.1 Å². The third-order valence-electron chi connectivity index (χ3n) is 2.34. The number of nitrogens with one attached hydrogen (secondary N) is 1. The summed E-state index contributed by atoms with van der Waals surface area (Å²) in [6.45, 7) is 6.36. The molecule has 4 heteroatoms. The van der Waals surface area contributed by atoms with Crippen molar-refractivity contribution in [3.05, 3.63) is 24.0 Å². The zero-order chi connectivity index (χ0) is 12.2. The molecule has 0 bridgehead atoms. The Hall–Kier alpha value is -1.58. The summed E-state index contributed by atoms with van der Waals surface area (Å²) in [4.78, 5) is 14.5. The molecule has 2 N–H and O–H groups in total. The van der Waals surface area contributed by atoms with Crippen LogP contribution in [-0.2, 0) is 0 Å². The molecule has 0 fully saturated rings. The average molecular weight is 222 g/mol. The molecule has 0 spiro atoms. The first-order valence-corrected chi connectivity index (χ1v) is 5.42. The molecule has 0 aromatic carbocycles. The van der Waals surface area contributed by atoms with Crippen molar-refractivity contribution >= 4 is 11.7 Å². The Morgan fingerprint density at radius 1 is 1.50 bits per heavy atom. The van der Waals surface area contributed by atoms with E-state index in [0.29, 0.717) is 0 Å². The van der Waals surface area contributed by atoms with Gasteiger partial charge >= 0.3 is 5.97 Å². The predicted molar refractivity (Wildman–Crippen MR) is 63.8 cm³/mol. The van der Waals surface area contributed by atoms with Crippen molar-refractivity contribution < 1.29 is 9.90 Å². The minimum Gasteiger partial charge on any atom is -0.477 e. The molecule has 4 nitrogen and oxygen atoms in total. The van der Waals surface area contributed by atoms with Gasteiger partial charge in [0.15, 0.2) is 0 Å². The minimum absolute atomic E-state index is 0.00116. The third kappa shape index (κ3) is 3.53. The lowest BCUT2D eigenvalue weighted by Crippen LogP contribution is -2.30. The number of rotatable bonds is 5. The van der Waals surface area contributed by atoms with Crippen LogP contribution in [0, 0.1) is 0 Å². The molecule has 0 aliphatic heterocycles. The molecule has 0 radical (unpaired) electrons. The second kappa shape index (κ2) is 4.96. The van der Waals surface area contributed by atoms with Crippen molar-refractivity contribution in [2.24, 2.45) is 0 Å². The largest absolute Gasteiger partial charge is 0.477 e. The van der Waals surface area contributed by atoms with E-state index in [1.54, 1.807) is 12.3 Å². The Labute approximate surface area is 95.7 Å². The molecule has 1 rings (SSSR count). The van der Waals surface area contributed by atoms with Crippen LogP contribution in [0.15, 0.2) is 18.3 Å². The van der Waals surface area contributed by atoms with Crippen LogP contribution in [-0.4, -0.2) is 21.6 Å². The average Bonchev–Trinajstić information content (AvgIpc) is 2.17. The van der Waals surface area contributed by atoms with Crippen molar-refractivity contribution in [2.75, 3.05) is 5.32 Å². The van der Waals surface area contributed by atoms with Gasteiger partial charge in [0.1, 0.15) is 5.69 Å². The van der Waals surface area contributed by atoms with E-state index in [2.05, 4.69) is 31.1 Å². The number of aromatic carboxylic acids is 1. The Bertz CT molecular complexity index is 358. The Morgan fingerprint density at radius 2 is 2.19 bits per heavy atom. The number of pyridine rings is 1. The molecule has 0 aliphatic carbocycles. The van der Waals surface area contributed by atoms with E-state index in [1.807, 2.05) is 0 Å². The van der Waals surface area contributed by atoms with Crippen LogP contribution in [0.4, 0.5) is 5.69 Å². The first-order valence-electron chi connectivity index (χ1n) is 5.42. The van der Waals surface area contributed by atoms with Gasteiger partial charge in [0.25, 0.3) is 0 Å². The summed E-state index contributed by atoms with van der Waals surface area (Å²) in [5.74, 6) is -1.00. The first-order chi connectivity index (χ1) is 7.44. The standard InChI is InChI=1S/C12H18N2O2/c1-4-7-12(2,3)14-9-5-6-10(11(15)16)13-8-9/h5-6,8,14H,4,7H2,1-3H3,(H,15,16). The molecule has 0 amide bonds. The maximum atomic E-state index is 10.6. The maximum absolute atomic E-state index is 10.6. The zero-order valence-electron chi connectivity index (χ0n) is 9.95. The fourth-order valence-corrected chi connectivity index (χ4v) is 1.67. The van der Waals surface area contributed by atoms with E-state index < -0.39 is 5.97 Å². The van der Waals surface area contributed by atoms with Crippen LogP contribution in [0.3, 0.4) is 0 Å². The Balaban J connectivity index is 2.72. The number of hydrogen-bond donors (Lipinski definition) is 2. The fraction of sp³-hybridized carbons (Fsp3) is 0.500. The Kier molecular flexibility index (Phi) is 3.88. The van der Waals surface area contributed by atoms with Crippen molar-refractivity contribution in [3.8, 4) is 0 Å². The molecule has 0 saturated heterocycles. The van der Waals surface area contributed by atoms with Crippen molar-refractivity contribution in [1.82, 2.24) is 4.98 Å². The molecule has 1 aromatic rings. The molecular weight excluding hydrogens is 204 g/mol. The van der Waals surface area contributed by atoms with Gasteiger partial charge < -0.3 is 10.4 Å². The highest BCUT2D eigenvalue weighted by atomic mass is 16.4. The molecule has 0 saturated carbocycles. The van der Waals surface area contributed by atoms with E-state index in [9.17, 15) is 4.79 Å². The second-order valence-electron chi connectivity index (χ2n) is 4.50. The van der Waals surface area contributed by atoms with Gasteiger partial charge in [0, 0.05) is 5.54 Å². The maximum Gasteiger partial charge on any atom is 0.354 e. The van der Waals surface area contributed by atoms with E-state index >= 15 is 0 Å². The monoisotopic (exact) mass is 222 g/mol. The van der Waals surface area contributed by atoms with E-state index in [1.165, 1.54) is 6.07 Å². The number of aromatic nitrogens is 1. The van der Waals surface area contributed by atoms with Gasteiger partial charge in [0.2, 0.25) is 0 Å². The summed E-state index contributed by atoms with van der Waals surface area (Å²) >= 11 is 0. The van der Waals surface area contributed by atoms with Gasteiger partial charge in [-0.05, 0) is 32.4 Å². The molecule has 1 aromatic heterocycles. The van der Waals surface area contributed by atoms with Gasteiger partial charge in [-0.1, -0.05) is 13.3 Å². The summed E-state index contributed by atoms with van der Waals surface area (Å²) in [5, 5.41) is 12.0. The lowest BCUT2D eigenvalue weighted by molar-refractivity contribution is 0.0690. The SMILES string of the molecule is CCCC(C)(C)Nc1ccc(C(=O)O)nc1. The van der Waals surface area contributed by atoms with Crippen LogP contribution in [0.2, 0.25) is 0 Å². The molecule has 0 atom stereocenters. The van der Waals surface area contributed by atoms with Gasteiger partial charge in [0.05, 0.1) is 11.9 Å². The highest BCUT2D eigenvalue weighted by Gasteiger charge is 2.16. The van der Waals surface area contributed by atoms with Gasteiger partial charge in [-0.25, -0.2) is 9.78 Å². The number of hydrogen-bond acceptors (Lipinski definition) is 3. The fourth-order valence-electron chi connectivity index (χ4n) is 1.67. The molecule has 0 unspecified atom stereocenters. The summed E-state index contributed by atoms with van der Waals surface area (Å²) < 4.78 is 0. The van der Waals surface area contributed by atoms with Gasteiger partial charge in [-0.2, -0.15) is 0 Å². The molecule has 0 aliphatic rings.